The van der Waals surface area contributed by atoms with Crippen LogP contribution in [0.2, 0.25) is 0 Å². The predicted octanol–water partition coefficient (Wildman–Crippen LogP) is 1.58. The summed E-state index contributed by atoms with van der Waals surface area (Å²) < 4.78 is 26.1. The van der Waals surface area contributed by atoms with Crippen LogP contribution in [0.15, 0.2) is 35.1 Å². The average Bonchev–Trinajstić information content (AvgIpc) is 2.04. The van der Waals surface area contributed by atoms with Crippen LogP contribution in [0.3, 0.4) is 0 Å². The zero-order valence-electron chi connectivity index (χ0n) is 6.08. The van der Waals surface area contributed by atoms with Crippen LogP contribution in [0.4, 0.5) is 4.39 Å². The first-order chi connectivity index (χ1) is 5.77. The Hall–Kier alpha value is -1.16. The van der Waals surface area contributed by atoms with Crippen LogP contribution < -0.4 is 4.72 Å². The summed E-state index contributed by atoms with van der Waals surface area (Å²) in [4.78, 5) is 0.624. The zero-order valence-corrected chi connectivity index (χ0v) is 6.90. The molecule has 2 rings (SSSR count). The molecule has 1 N–H and O–H groups in total. The van der Waals surface area contributed by atoms with Crippen molar-refractivity contribution in [2.45, 2.75) is 4.90 Å². The molecular weight excluding hydrogens is 177 g/mol. The first kappa shape index (κ1) is 7.49. The fourth-order valence-electron chi connectivity index (χ4n) is 1.08. The van der Waals surface area contributed by atoms with Gasteiger partial charge in [0.1, 0.15) is 0 Å². The summed E-state index contributed by atoms with van der Waals surface area (Å²) in [5, 5.41) is 0. The van der Waals surface area contributed by atoms with Crippen molar-refractivity contribution in [2.75, 3.05) is 0 Å². The van der Waals surface area contributed by atoms with Crippen molar-refractivity contribution >= 4 is 17.1 Å². The van der Waals surface area contributed by atoms with Gasteiger partial charge in [-0.1, -0.05) is 18.2 Å². The molecule has 12 heavy (non-hydrogen) atoms. The number of rotatable bonds is 0. The maximum absolute atomic E-state index is 12.7. The number of nitrogens with one attached hydrogen (secondary N) is 1. The maximum atomic E-state index is 12.7. The van der Waals surface area contributed by atoms with E-state index in [0.29, 0.717) is 10.5 Å². The molecule has 0 amide bonds. The minimum Gasteiger partial charge on any atom is -0.277 e. The summed E-state index contributed by atoms with van der Waals surface area (Å²) in [6, 6.07) is 7.00. The standard InChI is InChI=1S/C8H6FNOS/c9-8-5-6-3-1-2-4-7(6)12(11)10-8/h1-5,10H. The molecule has 1 aromatic carbocycles. The molecule has 0 saturated heterocycles. The third-order valence-corrected chi connectivity index (χ3v) is 2.74. The molecule has 0 fully saturated rings. The molecule has 4 heteroatoms. The van der Waals surface area contributed by atoms with Crippen molar-refractivity contribution in [2.24, 2.45) is 0 Å². The van der Waals surface area contributed by atoms with E-state index in [1.807, 2.05) is 0 Å². The second kappa shape index (κ2) is 2.71. The first-order valence-corrected chi connectivity index (χ1v) is 4.57. The lowest BCUT2D eigenvalue weighted by Crippen LogP contribution is -2.18. The van der Waals surface area contributed by atoms with Crippen LogP contribution in [0.1, 0.15) is 5.56 Å². The quantitative estimate of drug-likeness (QED) is 0.608. The third kappa shape index (κ3) is 1.14. The molecule has 1 atom stereocenters. The summed E-state index contributed by atoms with van der Waals surface area (Å²) in [5.41, 5.74) is 0.673. The Morgan fingerprint density at radius 3 is 2.92 bits per heavy atom. The molecule has 62 valence electrons. The van der Waals surface area contributed by atoms with E-state index in [1.54, 1.807) is 24.3 Å². The van der Waals surface area contributed by atoms with Crippen LogP contribution >= 0.6 is 0 Å². The van der Waals surface area contributed by atoms with Gasteiger partial charge in [0.2, 0.25) is 0 Å². The van der Waals surface area contributed by atoms with Gasteiger partial charge < -0.3 is 0 Å². The Labute approximate surface area is 71.7 Å². The van der Waals surface area contributed by atoms with Gasteiger partial charge in [0.15, 0.2) is 16.9 Å². The highest BCUT2D eigenvalue weighted by molar-refractivity contribution is 7.83. The fourth-order valence-corrected chi connectivity index (χ4v) is 1.97. The molecule has 0 saturated carbocycles. The van der Waals surface area contributed by atoms with E-state index in [2.05, 4.69) is 4.72 Å². The van der Waals surface area contributed by atoms with Gasteiger partial charge in [0, 0.05) is 6.08 Å². The lowest BCUT2D eigenvalue weighted by atomic mass is 10.2. The summed E-state index contributed by atoms with van der Waals surface area (Å²) in [7, 11) is -1.44. The Morgan fingerprint density at radius 2 is 2.08 bits per heavy atom. The number of hydrogen-bond donors (Lipinski definition) is 1. The molecule has 0 radical (unpaired) electrons. The van der Waals surface area contributed by atoms with Crippen molar-refractivity contribution in [3.8, 4) is 0 Å². The van der Waals surface area contributed by atoms with Gasteiger partial charge in [-0.25, -0.2) is 4.21 Å². The Balaban J connectivity index is 2.62. The van der Waals surface area contributed by atoms with E-state index in [4.69, 9.17) is 0 Å². The van der Waals surface area contributed by atoms with Crippen molar-refractivity contribution < 1.29 is 8.60 Å². The Bertz CT molecular complexity index is 375. The van der Waals surface area contributed by atoms with Gasteiger partial charge in [-0.3, -0.25) is 4.72 Å². The lowest BCUT2D eigenvalue weighted by Gasteiger charge is -2.11. The molecule has 0 bridgehead atoms. The average molecular weight is 183 g/mol. The summed E-state index contributed by atoms with van der Waals surface area (Å²) in [6.07, 6.45) is 1.33. The van der Waals surface area contributed by atoms with Crippen LogP contribution in [-0.2, 0) is 11.0 Å². The SMILES string of the molecule is O=S1NC(F)=Cc2ccccc21. The number of hydrogen-bond acceptors (Lipinski definition) is 1. The monoisotopic (exact) mass is 183 g/mol. The van der Waals surface area contributed by atoms with Crippen molar-refractivity contribution in [3.63, 3.8) is 0 Å². The minimum atomic E-state index is -1.44. The first-order valence-electron chi connectivity index (χ1n) is 3.42. The summed E-state index contributed by atoms with van der Waals surface area (Å²) >= 11 is 0. The zero-order chi connectivity index (χ0) is 8.55. The van der Waals surface area contributed by atoms with Crippen molar-refractivity contribution in [1.82, 2.24) is 4.72 Å². The highest BCUT2D eigenvalue weighted by atomic mass is 32.2. The van der Waals surface area contributed by atoms with Gasteiger partial charge >= 0.3 is 0 Å². The third-order valence-electron chi connectivity index (χ3n) is 1.59. The second-order valence-electron chi connectivity index (χ2n) is 2.40. The predicted molar refractivity (Wildman–Crippen MR) is 45.1 cm³/mol. The number of fused-ring (bicyclic) bond motifs is 1. The highest BCUT2D eigenvalue weighted by Gasteiger charge is 2.14. The van der Waals surface area contributed by atoms with Gasteiger partial charge in [-0.05, 0) is 11.6 Å². The van der Waals surface area contributed by atoms with E-state index < -0.39 is 16.9 Å². The van der Waals surface area contributed by atoms with Crippen LogP contribution in [0.5, 0.6) is 0 Å². The molecular formula is C8H6FNOS. The fraction of sp³-hybridized carbons (Fsp3) is 0. The Morgan fingerprint density at radius 1 is 1.33 bits per heavy atom. The molecule has 1 aliphatic rings. The van der Waals surface area contributed by atoms with Gasteiger partial charge in [0.05, 0.1) is 4.90 Å². The normalized spacial score (nSPS) is 20.8. The van der Waals surface area contributed by atoms with Gasteiger partial charge in [-0.15, -0.1) is 0 Å². The summed E-state index contributed by atoms with van der Waals surface area (Å²) in [5.74, 6) is -0.549. The van der Waals surface area contributed by atoms with Gasteiger partial charge in [-0.2, -0.15) is 4.39 Å². The van der Waals surface area contributed by atoms with Crippen molar-refractivity contribution in [3.05, 3.63) is 35.8 Å². The molecule has 1 unspecified atom stereocenters. The smallest absolute Gasteiger partial charge is 0.199 e. The molecule has 2 nitrogen and oxygen atoms in total. The molecule has 1 heterocycles. The largest absolute Gasteiger partial charge is 0.277 e. The van der Waals surface area contributed by atoms with Crippen LogP contribution in [0.25, 0.3) is 6.08 Å². The molecule has 0 spiro atoms. The number of benzene rings is 1. The van der Waals surface area contributed by atoms with Crippen LogP contribution in [0, 0.1) is 0 Å². The topological polar surface area (TPSA) is 29.1 Å². The molecule has 1 aromatic rings. The van der Waals surface area contributed by atoms with E-state index in [-0.39, 0.29) is 0 Å². The van der Waals surface area contributed by atoms with Gasteiger partial charge in [0.25, 0.3) is 0 Å². The van der Waals surface area contributed by atoms with E-state index in [1.165, 1.54) is 6.08 Å². The molecule has 0 aromatic heterocycles. The molecule has 0 aliphatic carbocycles. The van der Waals surface area contributed by atoms with E-state index in [9.17, 15) is 8.60 Å². The minimum absolute atomic E-state index is 0.549. The van der Waals surface area contributed by atoms with E-state index >= 15 is 0 Å². The highest BCUT2D eigenvalue weighted by Crippen LogP contribution is 2.20. The van der Waals surface area contributed by atoms with E-state index in [0.717, 1.165) is 0 Å². The molecule has 1 aliphatic heterocycles. The summed E-state index contributed by atoms with van der Waals surface area (Å²) in [6.45, 7) is 0. The van der Waals surface area contributed by atoms with Crippen LogP contribution in [-0.4, -0.2) is 4.21 Å². The van der Waals surface area contributed by atoms with Crippen molar-refractivity contribution in [1.29, 1.82) is 0 Å². The maximum Gasteiger partial charge on any atom is 0.199 e. The Kier molecular flexibility index (Phi) is 1.69. The lowest BCUT2D eigenvalue weighted by molar-refractivity contribution is 0.598. The second-order valence-corrected chi connectivity index (χ2v) is 3.58. The number of halogens is 1.